The van der Waals surface area contributed by atoms with Crippen LogP contribution in [0.4, 0.5) is 4.79 Å². The summed E-state index contributed by atoms with van der Waals surface area (Å²) < 4.78 is 0. The summed E-state index contributed by atoms with van der Waals surface area (Å²) >= 11 is 0. The highest BCUT2D eigenvalue weighted by atomic mass is 16.6. The van der Waals surface area contributed by atoms with Crippen molar-refractivity contribution in [3.05, 3.63) is 71.8 Å². The van der Waals surface area contributed by atoms with Crippen LogP contribution in [0.5, 0.6) is 0 Å². The molecule has 0 radical (unpaired) electrons. The molecule has 10 heteroatoms. The number of hydrogen-bond acceptors (Lipinski definition) is 7. The summed E-state index contributed by atoms with van der Waals surface area (Å²) in [4.78, 5) is 29.2. The minimum atomic E-state index is -1.23. The molecule has 0 heterocycles. The molecular weight excluding hydrogens is 488 g/mol. The number of aliphatic hydroxyl groups excluding tert-OH is 2. The summed E-state index contributed by atoms with van der Waals surface area (Å²) in [5.74, 6) is -0.451. The average Bonchev–Trinajstić information content (AvgIpc) is 2.86. The summed E-state index contributed by atoms with van der Waals surface area (Å²) in [6.45, 7) is 5.60. The first-order valence-electron chi connectivity index (χ1n) is 12.6. The van der Waals surface area contributed by atoms with Crippen molar-refractivity contribution in [3.8, 4) is 0 Å². The number of carbonyl (C=O) groups is 2. The van der Waals surface area contributed by atoms with Gasteiger partial charge in [0.1, 0.15) is 12.8 Å². The van der Waals surface area contributed by atoms with Gasteiger partial charge in [0, 0.05) is 18.5 Å². The van der Waals surface area contributed by atoms with E-state index >= 15 is 0 Å². The molecular formula is C28H40N4O6. The first-order valence-corrected chi connectivity index (χ1v) is 12.6. The van der Waals surface area contributed by atoms with Crippen LogP contribution in [0.15, 0.2) is 65.8 Å². The predicted octanol–water partition coefficient (Wildman–Crippen LogP) is 1.95. The third-order valence-electron chi connectivity index (χ3n) is 5.97. The second-order valence-electron chi connectivity index (χ2n) is 10.2. The van der Waals surface area contributed by atoms with Gasteiger partial charge in [-0.1, -0.05) is 86.6 Å². The van der Waals surface area contributed by atoms with Gasteiger partial charge in [-0.3, -0.25) is 4.79 Å². The molecule has 0 saturated carbocycles. The normalized spacial score (nSPS) is 15.2. The van der Waals surface area contributed by atoms with E-state index in [4.69, 9.17) is 4.84 Å². The number of carboxylic acid groups (broad SMARTS) is 1. The van der Waals surface area contributed by atoms with Crippen LogP contribution >= 0.6 is 0 Å². The zero-order valence-corrected chi connectivity index (χ0v) is 22.4. The lowest BCUT2D eigenvalue weighted by molar-refractivity contribution is -0.116. The van der Waals surface area contributed by atoms with Gasteiger partial charge < -0.3 is 36.1 Å². The lowest BCUT2D eigenvalue weighted by Gasteiger charge is -2.28. The number of carbonyl (C=O) groups excluding carboxylic acids is 1. The second kappa shape index (κ2) is 15.1. The SMILES string of the molecule is CON=C(C(=O)N[C@@H](Cc1ccccc1)C(O)CNC[C@@H](O)[C@H](Cc1ccccc1)NC(=O)O)C(C)(C)C. The molecule has 208 valence electrons. The van der Waals surface area contributed by atoms with Crippen LogP contribution in [0.25, 0.3) is 0 Å². The van der Waals surface area contributed by atoms with Crippen molar-refractivity contribution < 1.29 is 29.7 Å². The number of aliphatic hydroxyl groups is 2. The summed E-state index contributed by atoms with van der Waals surface area (Å²) in [6, 6.07) is 17.3. The first-order chi connectivity index (χ1) is 18.0. The van der Waals surface area contributed by atoms with Crippen LogP contribution in [0.3, 0.4) is 0 Å². The van der Waals surface area contributed by atoms with E-state index in [2.05, 4.69) is 21.1 Å². The highest BCUT2D eigenvalue weighted by Crippen LogP contribution is 2.17. The molecule has 2 aromatic carbocycles. The van der Waals surface area contributed by atoms with Crippen LogP contribution in [-0.2, 0) is 22.5 Å². The van der Waals surface area contributed by atoms with E-state index in [1.54, 1.807) is 0 Å². The van der Waals surface area contributed by atoms with Crippen LogP contribution in [0, 0.1) is 5.41 Å². The summed E-state index contributed by atoms with van der Waals surface area (Å²) in [5.41, 5.74) is 1.40. The molecule has 0 fully saturated rings. The number of oxime groups is 1. The molecule has 2 rings (SSSR count). The van der Waals surface area contributed by atoms with Crippen LogP contribution in [0.1, 0.15) is 31.9 Å². The zero-order chi connectivity index (χ0) is 28.1. The Morgan fingerprint density at radius 1 is 0.842 bits per heavy atom. The van der Waals surface area contributed by atoms with Crippen molar-refractivity contribution >= 4 is 17.7 Å². The van der Waals surface area contributed by atoms with Crippen LogP contribution < -0.4 is 16.0 Å². The van der Waals surface area contributed by atoms with Crippen LogP contribution in [0.2, 0.25) is 0 Å². The fourth-order valence-corrected chi connectivity index (χ4v) is 3.97. The van der Waals surface area contributed by atoms with E-state index < -0.39 is 41.7 Å². The van der Waals surface area contributed by atoms with E-state index in [1.807, 2.05) is 81.4 Å². The standard InChI is InChI=1S/C28H40N4O6/c1-28(2,3)25(32-38-4)26(35)30-21(15-19-11-7-5-8-12-19)23(33)17-29-18-24(34)22(31-27(36)37)16-20-13-9-6-10-14-20/h5-14,21-24,29,31,33-34H,15-18H2,1-4H3,(H,30,35)(H,36,37)/t21-,22-,23?,24+/m0/s1. The van der Waals surface area contributed by atoms with Gasteiger partial charge >= 0.3 is 6.09 Å². The lowest BCUT2D eigenvalue weighted by Crippen LogP contribution is -2.53. The number of rotatable bonds is 14. The quantitative estimate of drug-likeness (QED) is 0.162. The maximum atomic E-state index is 13.1. The number of hydrogen-bond donors (Lipinski definition) is 6. The lowest BCUT2D eigenvalue weighted by atomic mass is 9.89. The number of benzene rings is 2. The Balaban J connectivity index is 2.07. The second-order valence-corrected chi connectivity index (χ2v) is 10.2. The van der Waals surface area contributed by atoms with Gasteiger partial charge in [-0.15, -0.1) is 0 Å². The highest BCUT2D eigenvalue weighted by Gasteiger charge is 2.31. The van der Waals surface area contributed by atoms with Crippen molar-refractivity contribution in [1.29, 1.82) is 0 Å². The molecule has 0 aliphatic heterocycles. The van der Waals surface area contributed by atoms with Gasteiger partial charge in [-0.25, -0.2) is 4.79 Å². The Morgan fingerprint density at radius 2 is 1.29 bits per heavy atom. The number of nitrogens with one attached hydrogen (secondary N) is 3. The van der Waals surface area contributed by atoms with Crippen molar-refractivity contribution in [2.75, 3.05) is 20.2 Å². The first kappa shape index (κ1) is 30.8. The fourth-order valence-electron chi connectivity index (χ4n) is 3.97. The molecule has 2 aromatic rings. The fraction of sp³-hybridized carbons (Fsp3) is 0.464. The maximum Gasteiger partial charge on any atom is 0.404 e. The molecule has 6 N–H and O–H groups in total. The van der Waals surface area contributed by atoms with Crippen LogP contribution in [-0.4, -0.2) is 77.5 Å². The monoisotopic (exact) mass is 528 g/mol. The van der Waals surface area contributed by atoms with Crippen molar-refractivity contribution in [2.24, 2.45) is 10.6 Å². The van der Waals surface area contributed by atoms with Crippen molar-refractivity contribution in [3.63, 3.8) is 0 Å². The Morgan fingerprint density at radius 3 is 1.68 bits per heavy atom. The van der Waals surface area contributed by atoms with E-state index in [0.29, 0.717) is 12.8 Å². The highest BCUT2D eigenvalue weighted by molar-refractivity contribution is 6.40. The van der Waals surface area contributed by atoms with E-state index in [1.165, 1.54) is 7.11 Å². The minimum absolute atomic E-state index is 0.0270. The number of amides is 2. The largest absolute Gasteiger partial charge is 0.465 e. The topological polar surface area (TPSA) is 153 Å². The Hall–Kier alpha value is -3.47. The van der Waals surface area contributed by atoms with Gasteiger partial charge in [-0.2, -0.15) is 0 Å². The molecule has 4 atom stereocenters. The minimum Gasteiger partial charge on any atom is -0.465 e. The van der Waals surface area contributed by atoms with Crippen molar-refractivity contribution in [1.82, 2.24) is 16.0 Å². The Kier molecular flexibility index (Phi) is 12.2. The van der Waals surface area contributed by atoms with Crippen molar-refractivity contribution in [2.45, 2.75) is 57.9 Å². The maximum absolute atomic E-state index is 13.1. The van der Waals surface area contributed by atoms with Gasteiger partial charge in [0.25, 0.3) is 5.91 Å². The average molecular weight is 529 g/mol. The predicted molar refractivity (Wildman–Crippen MR) is 146 cm³/mol. The molecule has 10 nitrogen and oxygen atoms in total. The van der Waals surface area contributed by atoms with Gasteiger partial charge in [0.15, 0.2) is 0 Å². The van der Waals surface area contributed by atoms with Gasteiger partial charge in [0.05, 0.1) is 24.3 Å². The zero-order valence-electron chi connectivity index (χ0n) is 22.4. The third-order valence-corrected chi connectivity index (χ3v) is 5.97. The molecule has 0 bridgehead atoms. The summed E-state index contributed by atoms with van der Waals surface area (Å²) in [5, 5.41) is 43.1. The molecule has 0 saturated heterocycles. The molecule has 1 unspecified atom stereocenters. The third kappa shape index (κ3) is 10.5. The molecule has 38 heavy (non-hydrogen) atoms. The van der Waals surface area contributed by atoms with Gasteiger partial charge in [-0.05, 0) is 24.0 Å². The molecule has 0 aromatic heterocycles. The molecule has 2 amide bonds. The van der Waals surface area contributed by atoms with Gasteiger partial charge in [0.2, 0.25) is 0 Å². The Bertz CT molecular complexity index is 1030. The smallest absolute Gasteiger partial charge is 0.404 e. The van der Waals surface area contributed by atoms with E-state index in [0.717, 1.165) is 11.1 Å². The van der Waals surface area contributed by atoms with E-state index in [9.17, 15) is 24.9 Å². The summed E-state index contributed by atoms with van der Waals surface area (Å²) in [7, 11) is 1.37. The molecule has 0 spiro atoms. The van der Waals surface area contributed by atoms with E-state index in [-0.39, 0.29) is 18.8 Å². The number of nitrogens with zero attached hydrogens (tertiary/aromatic N) is 1. The molecule has 0 aliphatic carbocycles. The molecule has 0 aliphatic rings. The summed E-state index contributed by atoms with van der Waals surface area (Å²) in [6.07, 6.45) is -2.64. The Labute approximate surface area is 224 Å².